The van der Waals surface area contributed by atoms with Gasteiger partial charge in [-0.3, -0.25) is 9.59 Å². The van der Waals surface area contributed by atoms with Gasteiger partial charge in [-0.05, 0) is 41.5 Å². The van der Waals surface area contributed by atoms with Crippen LogP contribution >= 0.6 is 0 Å². The number of carbonyl (C=O) groups is 3. The number of hydrogen-bond donors (Lipinski definition) is 2. The molecule has 1 saturated heterocycles. The van der Waals surface area contributed by atoms with Crippen LogP contribution in [0.15, 0.2) is 48.5 Å². The Morgan fingerprint density at radius 3 is 2.38 bits per heavy atom. The number of carboxylic acid groups (broad SMARTS) is 1. The number of likely N-dealkylation sites (tertiary alicyclic amines) is 1. The SMILES string of the molecule is O=C(O)CCC1CCCN1C(=O)COCCNC(=O)OCC1c2ccccc2-c2ccccc21. The van der Waals surface area contributed by atoms with Crippen molar-refractivity contribution >= 4 is 18.0 Å². The number of fused-ring (bicyclic) bond motifs is 3. The first-order valence-electron chi connectivity index (χ1n) is 11.7. The fourth-order valence-corrected chi connectivity index (χ4v) is 4.87. The monoisotopic (exact) mass is 466 g/mol. The van der Waals surface area contributed by atoms with E-state index >= 15 is 0 Å². The van der Waals surface area contributed by atoms with Crippen LogP contribution in [0.5, 0.6) is 0 Å². The van der Waals surface area contributed by atoms with Gasteiger partial charge in [0.15, 0.2) is 0 Å². The van der Waals surface area contributed by atoms with E-state index in [9.17, 15) is 14.4 Å². The number of carboxylic acids is 1. The lowest BCUT2D eigenvalue weighted by Gasteiger charge is -2.24. The Hall–Kier alpha value is -3.39. The van der Waals surface area contributed by atoms with Crippen molar-refractivity contribution in [3.05, 3.63) is 59.7 Å². The van der Waals surface area contributed by atoms with E-state index in [-0.39, 0.29) is 50.7 Å². The summed E-state index contributed by atoms with van der Waals surface area (Å²) in [6.07, 6.45) is 1.69. The van der Waals surface area contributed by atoms with Crippen molar-refractivity contribution in [3.63, 3.8) is 0 Å². The number of aliphatic carboxylic acids is 1. The van der Waals surface area contributed by atoms with Gasteiger partial charge < -0.3 is 24.8 Å². The molecular formula is C26H30N2O6. The first-order chi connectivity index (χ1) is 16.5. The molecule has 34 heavy (non-hydrogen) atoms. The molecule has 0 bridgehead atoms. The minimum absolute atomic E-state index is 0.00144. The van der Waals surface area contributed by atoms with Gasteiger partial charge in [-0.1, -0.05) is 48.5 Å². The van der Waals surface area contributed by atoms with Crippen LogP contribution in [0.25, 0.3) is 11.1 Å². The van der Waals surface area contributed by atoms with Crippen LogP contribution in [0.2, 0.25) is 0 Å². The Morgan fingerprint density at radius 1 is 1.03 bits per heavy atom. The summed E-state index contributed by atoms with van der Waals surface area (Å²) in [6, 6.07) is 16.3. The molecule has 2 amide bonds. The lowest BCUT2D eigenvalue weighted by Crippen LogP contribution is -2.38. The number of nitrogens with zero attached hydrogens (tertiary/aromatic N) is 1. The molecule has 1 fully saturated rings. The summed E-state index contributed by atoms with van der Waals surface area (Å²) in [4.78, 5) is 37.1. The van der Waals surface area contributed by atoms with Crippen molar-refractivity contribution in [1.82, 2.24) is 10.2 Å². The molecule has 2 aliphatic rings. The molecule has 2 aromatic rings. The second-order valence-corrected chi connectivity index (χ2v) is 8.62. The normalized spacial score (nSPS) is 16.7. The van der Waals surface area contributed by atoms with Gasteiger partial charge in [-0.2, -0.15) is 0 Å². The van der Waals surface area contributed by atoms with Crippen molar-refractivity contribution < 1.29 is 29.0 Å². The highest BCUT2D eigenvalue weighted by atomic mass is 16.5. The van der Waals surface area contributed by atoms with Crippen molar-refractivity contribution in [1.29, 1.82) is 0 Å². The molecule has 1 heterocycles. The van der Waals surface area contributed by atoms with Gasteiger partial charge in [0.25, 0.3) is 0 Å². The highest BCUT2D eigenvalue weighted by Gasteiger charge is 2.30. The molecule has 0 saturated carbocycles. The third-order valence-electron chi connectivity index (χ3n) is 6.47. The first kappa shape index (κ1) is 23.8. The van der Waals surface area contributed by atoms with Gasteiger partial charge >= 0.3 is 12.1 Å². The van der Waals surface area contributed by atoms with E-state index in [0.717, 1.165) is 24.0 Å². The Morgan fingerprint density at radius 2 is 1.71 bits per heavy atom. The quantitative estimate of drug-likeness (QED) is 0.520. The molecule has 4 rings (SSSR count). The van der Waals surface area contributed by atoms with Crippen LogP contribution in [0.3, 0.4) is 0 Å². The van der Waals surface area contributed by atoms with Gasteiger partial charge in [0, 0.05) is 31.5 Å². The second kappa shape index (κ2) is 11.2. The maximum atomic E-state index is 12.4. The molecule has 0 spiro atoms. The Balaban J connectivity index is 1.16. The molecule has 1 atom stereocenters. The smallest absolute Gasteiger partial charge is 0.407 e. The number of rotatable bonds is 10. The Bertz CT molecular complexity index is 994. The van der Waals surface area contributed by atoms with Gasteiger partial charge in [0.1, 0.15) is 13.2 Å². The van der Waals surface area contributed by atoms with E-state index in [2.05, 4.69) is 29.6 Å². The molecule has 0 aromatic heterocycles. The van der Waals surface area contributed by atoms with E-state index in [0.29, 0.717) is 13.0 Å². The largest absolute Gasteiger partial charge is 0.481 e. The summed E-state index contributed by atoms with van der Waals surface area (Å²) in [7, 11) is 0. The highest BCUT2D eigenvalue weighted by Crippen LogP contribution is 2.44. The molecule has 0 radical (unpaired) electrons. The fraction of sp³-hybridized carbons (Fsp3) is 0.423. The maximum Gasteiger partial charge on any atom is 0.407 e. The number of nitrogens with one attached hydrogen (secondary N) is 1. The zero-order chi connectivity index (χ0) is 23.9. The topological polar surface area (TPSA) is 105 Å². The van der Waals surface area contributed by atoms with Gasteiger partial charge in [-0.15, -0.1) is 0 Å². The van der Waals surface area contributed by atoms with Gasteiger partial charge in [-0.25, -0.2) is 4.79 Å². The number of amides is 2. The molecule has 1 aliphatic heterocycles. The molecule has 1 unspecified atom stereocenters. The molecule has 2 aromatic carbocycles. The summed E-state index contributed by atoms with van der Waals surface area (Å²) < 4.78 is 10.9. The lowest BCUT2D eigenvalue weighted by molar-refractivity contribution is -0.140. The average molecular weight is 467 g/mol. The Kier molecular flexibility index (Phi) is 7.80. The number of ether oxygens (including phenoxy) is 2. The Labute approximate surface area is 198 Å². The first-order valence-corrected chi connectivity index (χ1v) is 11.7. The van der Waals surface area contributed by atoms with Crippen LogP contribution in [-0.2, 0) is 19.1 Å². The lowest BCUT2D eigenvalue weighted by atomic mass is 9.98. The van der Waals surface area contributed by atoms with Crippen molar-refractivity contribution in [2.24, 2.45) is 0 Å². The summed E-state index contributed by atoms with van der Waals surface area (Å²) in [5, 5.41) is 11.5. The molecular weight excluding hydrogens is 436 g/mol. The predicted octanol–water partition coefficient (Wildman–Crippen LogP) is 3.40. The molecule has 8 nitrogen and oxygen atoms in total. The minimum atomic E-state index is -0.852. The third-order valence-corrected chi connectivity index (χ3v) is 6.47. The van der Waals surface area contributed by atoms with E-state index < -0.39 is 12.1 Å². The van der Waals surface area contributed by atoms with Crippen LogP contribution in [0.1, 0.15) is 42.7 Å². The summed E-state index contributed by atoms with van der Waals surface area (Å²) in [6.45, 7) is 1.20. The zero-order valence-corrected chi connectivity index (χ0v) is 19.1. The molecule has 2 N–H and O–H groups in total. The third kappa shape index (κ3) is 5.56. The minimum Gasteiger partial charge on any atom is -0.481 e. The van der Waals surface area contributed by atoms with Crippen LogP contribution in [0, 0.1) is 0 Å². The summed E-state index contributed by atoms with van der Waals surface area (Å²) in [5.74, 6) is -0.995. The summed E-state index contributed by atoms with van der Waals surface area (Å²) >= 11 is 0. The number of carbonyl (C=O) groups excluding carboxylic acids is 2. The van der Waals surface area contributed by atoms with Crippen LogP contribution < -0.4 is 5.32 Å². The van der Waals surface area contributed by atoms with Crippen LogP contribution in [0.4, 0.5) is 4.79 Å². The number of benzene rings is 2. The van der Waals surface area contributed by atoms with Gasteiger partial charge in [0.05, 0.1) is 6.61 Å². The number of alkyl carbamates (subject to hydrolysis) is 1. The van der Waals surface area contributed by atoms with E-state index in [4.69, 9.17) is 14.6 Å². The fourth-order valence-electron chi connectivity index (χ4n) is 4.87. The molecule has 180 valence electrons. The van der Waals surface area contributed by atoms with E-state index in [1.165, 1.54) is 11.1 Å². The summed E-state index contributed by atoms with van der Waals surface area (Å²) in [5.41, 5.74) is 4.66. The van der Waals surface area contributed by atoms with Crippen molar-refractivity contribution in [3.8, 4) is 11.1 Å². The van der Waals surface area contributed by atoms with Crippen molar-refractivity contribution in [2.45, 2.75) is 37.6 Å². The average Bonchev–Trinajstić information content (AvgIpc) is 3.44. The molecule has 1 aliphatic carbocycles. The second-order valence-electron chi connectivity index (χ2n) is 8.62. The molecule has 8 heteroatoms. The van der Waals surface area contributed by atoms with Crippen molar-refractivity contribution in [2.75, 3.05) is 32.9 Å². The van der Waals surface area contributed by atoms with E-state index in [1.807, 2.05) is 24.3 Å². The zero-order valence-electron chi connectivity index (χ0n) is 19.1. The van der Waals surface area contributed by atoms with Gasteiger partial charge in [0.2, 0.25) is 5.91 Å². The predicted molar refractivity (Wildman–Crippen MR) is 125 cm³/mol. The maximum absolute atomic E-state index is 12.4. The number of hydrogen-bond acceptors (Lipinski definition) is 5. The standard InChI is InChI=1S/C26H30N2O6/c29-24(28-14-5-6-18(28)11-12-25(30)31)17-33-15-13-27-26(32)34-16-23-21-9-3-1-7-19(21)20-8-2-4-10-22(20)23/h1-4,7-10,18,23H,5-6,11-17H2,(H,27,32)(H,30,31). The highest BCUT2D eigenvalue weighted by molar-refractivity contribution is 5.79. The van der Waals surface area contributed by atoms with Crippen LogP contribution in [-0.4, -0.2) is 66.9 Å². The van der Waals surface area contributed by atoms with E-state index in [1.54, 1.807) is 4.90 Å².